The Morgan fingerprint density at radius 3 is 1.88 bits per heavy atom. The number of ether oxygens (including phenoxy) is 4. The number of likely N-dealkylation sites (tertiary alicyclic amines) is 1. The van der Waals surface area contributed by atoms with E-state index in [1.807, 2.05) is 11.1 Å². The van der Waals surface area contributed by atoms with Gasteiger partial charge in [0.15, 0.2) is 0 Å². The fraction of sp³-hybridized carbons (Fsp3) is 0.867. The molecule has 11 nitrogen and oxygen atoms in total. The van der Waals surface area contributed by atoms with Crippen LogP contribution in [0.25, 0.3) is 0 Å². The smallest absolute Gasteiger partial charge is 0.249 e. The molecule has 0 aromatic carbocycles. The van der Waals surface area contributed by atoms with Gasteiger partial charge in [-0.15, -0.1) is 0 Å². The van der Waals surface area contributed by atoms with Crippen LogP contribution in [0, 0.1) is 29.6 Å². The van der Waals surface area contributed by atoms with Gasteiger partial charge in [-0.05, 0) is 140 Å². The lowest BCUT2D eigenvalue weighted by molar-refractivity contribution is -0.151. The molecule has 0 radical (unpaired) electrons. The zero-order valence-corrected chi connectivity index (χ0v) is 34.4. The van der Waals surface area contributed by atoms with Crippen molar-refractivity contribution < 1.29 is 43.2 Å². The number of hydrogen-bond donors (Lipinski definition) is 2. The van der Waals surface area contributed by atoms with Gasteiger partial charge in [-0.3, -0.25) is 29.4 Å². The van der Waals surface area contributed by atoms with Gasteiger partial charge in [0.05, 0.1) is 30.1 Å². The summed E-state index contributed by atoms with van der Waals surface area (Å²) in [4.78, 5) is 51.1. The van der Waals surface area contributed by atoms with Crippen molar-refractivity contribution in [2.75, 3.05) is 39.6 Å². The Balaban J connectivity index is 0.763. The van der Waals surface area contributed by atoms with Crippen molar-refractivity contribution in [1.82, 2.24) is 10.2 Å². The predicted octanol–water partition coefficient (Wildman–Crippen LogP) is 6.97. The van der Waals surface area contributed by atoms with Gasteiger partial charge in [0.1, 0.15) is 6.04 Å². The highest BCUT2D eigenvalue weighted by molar-refractivity contribution is 6.10. The molecule has 4 atom stereocenters. The van der Waals surface area contributed by atoms with Crippen molar-refractivity contribution in [1.29, 1.82) is 0 Å². The van der Waals surface area contributed by atoms with E-state index in [1.54, 1.807) is 0 Å². The summed E-state index contributed by atoms with van der Waals surface area (Å²) in [5.74, 6) is -0.150. The fourth-order valence-corrected chi connectivity index (χ4v) is 11.0. The molecular formula is C45H72N2O9. The number of amides is 4. The molecule has 0 aromatic rings. The van der Waals surface area contributed by atoms with Crippen LogP contribution in [-0.4, -0.2) is 97.6 Å². The monoisotopic (exact) mass is 785 g/mol. The molecule has 2 heterocycles. The van der Waals surface area contributed by atoms with Crippen LogP contribution in [0.5, 0.6) is 0 Å². The average Bonchev–Trinajstić information content (AvgIpc) is 3.46. The second kappa shape index (κ2) is 22.3. The van der Waals surface area contributed by atoms with Crippen molar-refractivity contribution in [3.8, 4) is 0 Å². The standard InChI is InChI=1S/C45H72N2O9/c1-2-37(31-10-4-3-5-11-31)42(32-12-16-34(48)17-13-32)33-14-18-35(19-15-33)55-28-7-6-24-53-25-8-26-54-27-9-29-56-36-20-21-38-39(30-36)45(52)47(44(38)51)40-22-23-41(49)46-43(40)50/h31-36,38-40,48H,2-30H2,1H3,(H,46,49,50)/b42-37-. The summed E-state index contributed by atoms with van der Waals surface area (Å²) < 4.78 is 24.1. The minimum absolute atomic E-state index is 0.0906. The first-order valence-electron chi connectivity index (χ1n) is 22.8. The van der Waals surface area contributed by atoms with Crippen molar-refractivity contribution in [2.24, 2.45) is 29.6 Å². The third kappa shape index (κ3) is 11.7. The Bertz CT molecular complexity index is 1310. The number of imide groups is 2. The maximum Gasteiger partial charge on any atom is 0.249 e. The molecule has 6 aliphatic rings. The van der Waals surface area contributed by atoms with Gasteiger partial charge in [-0.2, -0.15) is 0 Å². The zero-order valence-electron chi connectivity index (χ0n) is 34.4. The number of carbonyl (C=O) groups is 4. The molecule has 4 amide bonds. The number of allylic oxidation sites excluding steroid dienone is 2. The molecule has 4 unspecified atom stereocenters. The van der Waals surface area contributed by atoms with Crippen LogP contribution in [0.1, 0.15) is 155 Å². The topological polar surface area (TPSA) is 141 Å². The number of fused-ring (bicyclic) bond motifs is 1. The molecule has 316 valence electrons. The number of carbonyl (C=O) groups excluding carboxylic acids is 4. The quantitative estimate of drug-likeness (QED) is 0.0761. The summed E-state index contributed by atoms with van der Waals surface area (Å²) in [5, 5.41) is 12.5. The van der Waals surface area contributed by atoms with Gasteiger partial charge in [0, 0.05) is 46.1 Å². The third-order valence-electron chi connectivity index (χ3n) is 13.9. The van der Waals surface area contributed by atoms with Gasteiger partial charge < -0.3 is 24.1 Å². The second-order valence-corrected chi connectivity index (χ2v) is 17.7. The van der Waals surface area contributed by atoms with E-state index in [-0.39, 0.29) is 42.8 Å². The van der Waals surface area contributed by atoms with Gasteiger partial charge in [-0.25, -0.2) is 0 Å². The molecule has 6 fully saturated rings. The first-order chi connectivity index (χ1) is 27.3. The molecule has 11 heteroatoms. The minimum Gasteiger partial charge on any atom is -0.393 e. The minimum atomic E-state index is -0.883. The largest absolute Gasteiger partial charge is 0.393 e. The highest BCUT2D eigenvalue weighted by atomic mass is 16.5. The normalized spacial score (nSPS) is 32.4. The number of nitrogens with one attached hydrogen (secondary N) is 1. The molecule has 0 spiro atoms. The molecule has 4 saturated carbocycles. The first-order valence-corrected chi connectivity index (χ1v) is 22.8. The third-order valence-corrected chi connectivity index (χ3v) is 13.9. The molecule has 2 aliphatic heterocycles. The average molecular weight is 785 g/mol. The van der Waals surface area contributed by atoms with E-state index in [0.717, 1.165) is 62.6 Å². The van der Waals surface area contributed by atoms with E-state index in [0.29, 0.717) is 63.6 Å². The fourth-order valence-electron chi connectivity index (χ4n) is 11.0. The maximum absolute atomic E-state index is 13.1. The SMILES string of the molecule is CC/C(=C(\C1CCC(O)CC1)C1CCC(OCCCCOCCCOCCCOC2CCC3C(=O)N(C4CCC(=O)NC4=O)C(=O)C3C2)CC1)C1CCCCC1. The van der Waals surface area contributed by atoms with Crippen LogP contribution in [0.3, 0.4) is 0 Å². The lowest BCUT2D eigenvalue weighted by atomic mass is 9.68. The van der Waals surface area contributed by atoms with Crippen molar-refractivity contribution in [2.45, 2.75) is 179 Å². The van der Waals surface area contributed by atoms with Crippen LogP contribution in [0.2, 0.25) is 0 Å². The number of aliphatic hydroxyl groups excluding tert-OH is 1. The first kappa shape index (κ1) is 43.4. The Morgan fingerprint density at radius 1 is 0.625 bits per heavy atom. The van der Waals surface area contributed by atoms with Crippen LogP contribution < -0.4 is 5.32 Å². The van der Waals surface area contributed by atoms with Crippen molar-refractivity contribution >= 4 is 23.6 Å². The lowest BCUT2D eigenvalue weighted by Crippen LogP contribution is -2.54. The van der Waals surface area contributed by atoms with Gasteiger partial charge >= 0.3 is 0 Å². The molecule has 4 aliphatic carbocycles. The second-order valence-electron chi connectivity index (χ2n) is 17.7. The molecule has 56 heavy (non-hydrogen) atoms. The van der Waals surface area contributed by atoms with Crippen LogP contribution >= 0.6 is 0 Å². The summed E-state index contributed by atoms with van der Waals surface area (Å²) >= 11 is 0. The molecule has 2 saturated heterocycles. The number of aliphatic hydroxyl groups is 1. The Morgan fingerprint density at radius 2 is 1.20 bits per heavy atom. The summed E-state index contributed by atoms with van der Waals surface area (Å²) in [7, 11) is 0. The van der Waals surface area contributed by atoms with E-state index in [9.17, 15) is 24.3 Å². The Labute approximate surface area is 335 Å². The molecule has 0 bridgehead atoms. The van der Waals surface area contributed by atoms with E-state index in [4.69, 9.17) is 18.9 Å². The molecule has 2 N–H and O–H groups in total. The number of piperidine rings is 1. The zero-order chi connectivity index (χ0) is 39.3. The van der Waals surface area contributed by atoms with Crippen molar-refractivity contribution in [3.05, 3.63) is 11.1 Å². The van der Waals surface area contributed by atoms with Crippen LogP contribution in [-0.2, 0) is 38.1 Å². The van der Waals surface area contributed by atoms with Crippen molar-refractivity contribution in [3.63, 3.8) is 0 Å². The van der Waals surface area contributed by atoms with Crippen LogP contribution in [0.4, 0.5) is 0 Å². The Hall–Kier alpha value is -2.18. The summed E-state index contributed by atoms with van der Waals surface area (Å²) in [6, 6.07) is -0.883. The highest BCUT2D eigenvalue weighted by Gasteiger charge is 2.54. The summed E-state index contributed by atoms with van der Waals surface area (Å²) in [6.07, 6.45) is 23.3. The Kier molecular flexibility index (Phi) is 17.3. The molecular weight excluding hydrogens is 712 g/mol. The van der Waals surface area contributed by atoms with E-state index < -0.39 is 23.8 Å². The van der Waals surface area contributed by atoms with Gasteiger partial charge in [0.25, 0.3) is 0 Å². The van der Waals surface area contributed by atoms with Gasteiger partial charge in [0.2, 0.25) is 23.6 Å². The highest BCUT2D eigenvalue weighted by Crippen LogP contribution is 2.46. The number of hydrogen-bond acceptors (Lipinski definition) is 9. The number of rotatable bonds is 20. The predicted molar refractivity (Wildman–Crippen MR) is 212 cm³/mol. The van der Waals surface area contributed by atoms with Gasteiger partial charge in [-0.1, -0.05) is 37.3 Å². The van der Waals surface area contributed by atoms with E-state index in [1.165, 1.54) is 77.0 Å². The number of nitrogens with zero attached hydrogens (tertiary/aromatic N) is 1. The maximum atomic E-state index is 13.1. The van der Waals surface area contributed by atoms with Crippen LogP contribution in [0.15, 0.2) is 11.1 Å². The molecule has 0 aromatic heterocycles. The van der Waals surface area contributed by atoms with E-state index >= 15 is 0 Å². The number of unbranched alkanes of at least 4 members (excludes halogenated alkanes) is 1. The lowest BCUT2D eigenvalue weighted by Gasteiger charge is -2.39. The summed E-state index contributed by atoms with van der Waals surface area (Å²) in [6.45, 7) is 6.42. The van der Waals surface area contributed by atoms with E-state index in [2.05, 4.69) is 12.2 Å². The summed E-state index contributed by atoms with van der Waals surface area (Å²) in [5.41, 5.74) is 3.65. The molecule has 6 rings (SSSR count).